The van der Waals surface area contributed by atoms with Crippen molar-refractivity contribution in [2.24, 2.45) is 0 Å². The van der Waals surface area contributed by atoms with Crippen LogP contribution in [0.2, 0.25) is 0 Å². The number of benzene rings is 2. The minimum absolute atomic E-state index is 0.309. The minimum Gasteiger partial charge on any atom is -0.496 e. The third-order valence-corrected chi connectivity index (χ3v) is 4.00. The molecule has 1 saturated heterocycles. The van der Waals surface area contributed by atoms with Gasteiger partial charge in [-0.15, -0.1) is 0 Å². The van der Waals surface area contributed by atoms with Crippen LogP contribution in [0.1, 0.15) is 22.3 Å². The third kappa shape index (κ3) is 3.40. The largest absolute Gasteiger partial charge is 0.509 e. The van der Waals surface area contributed by atoms with E-state index >= 15 is 0 Å². The molecular weight excluding hydrogens is 308 g/mol. The number of carbonyl (C=O) groups excluding carboxylic acids is 2. The van der Waals surface area contributed by atoms with Crippen molar-refractivity contribution in [3.05, 3.63) is 65.7 Å². The van der Waals surface area contributed by atoms with Gasteiger partial charge in [0.25, 0.3) is 0 Å². The molecular formula is C19H18O5. The van der Waals surface area contributed by atoms with E-state index in [1.54, 1.807) is 24.3 Å². The van der Waals surface area contributed by atoms with Crippen molar-refractivity contribution in [1.82, 2.24) is 0 Å². The van der Waals surface area contributed by atoms with E-state index in [1.165, 1.54) is 7.11 Å². The van der Waals surface area contributed by atoms with E-state index in [0.717, 1.165) is 5.56 Å². The van der Waals surface area contributed by atoms with Crippen LogP contribution in [-0.2, 0) is 15.9 Å². The lowest BCUT2D eigenvalue weighted by atomic mass is 9.97. The fourth-order valence-electron chi connectivity index (χ4n) is 2.78. The Balaban J connectivity index is 1.75. The van der Waals surface area contributed by atoms with Crippen molar-refractivity contribution >= 4 is 11.9 Å². The van der Waals surface area contributed by atoms with Crippen molar-refractivity contribution in [1.29, 1.82) is 0 Å². The quantitative estimate of drug-likeness (QED) is 0.601. The molecule has 0 N–H and O–H groups in total. The number of methoxy groups -OCH3 is 1. The molecule has 0 unspecified atom stereocenters. The number of Topliss-reactive ketones (excluding diaryl/α,β-unsaturated/α-hetero) is 1. The molecule has 1 aliphatic heterocycles. The van der Waals surface area contributed by atoms with Gasteiger partial charge in [-0.05, 0) is 30.5 Å². The number of ketones is 1. The molecule has 0 bridgehead atoms. The van der Waals surface area contributed by atoms with Crippen LogP contribution in [0.5, 0.6) is 5.75 Å². The predicted molar refractivity (Wildman–Crippen MR) is 87.2 cm³/mol. The maximum atomic E-state index is 12.8. The van der Waals surface area contributed by atoms with Crippen LogP contribution in [0.4, 0.5) is 4.79 Å². The Labute approximate surface area is 140 Å². The van der Waals surface area contributed by atoms with Crippen LogP contribution in [0, 0.1) is 0 Å². The highest BCUT2D eigenvalue weighted by Crippen LogP contribution is 2.27. The van der Waals surface area contributed by atoms with E-state index in [1.807, 2.05) is 30.3 Å². The van der Waals surface area contributed by atoms with Gasteiger partial charge in [0.2, 0.25) is 11.9 Å². The Hall–Kier alpha value is -2.82. The Bertz CT molecular complexity index is 726. The molecule has 3 rings (SSSR count). The number of aryl methyl sites for hydroxylation is 1. The van der Waals surface area contributed by atoms with E-state index < -0.39 is 18.4 Å². The Morgan fingerprint density at radius 3 is 2.50 bits per heavy atom. The van der Waals surface area contributed by atoms with Crippen LogP contribution >= 0.6 is 0 Å². The molecule has 1 aliphatic rings. The molecule has 5 heteroatoms. The Morgan fingerprint density at radius 2 is 1.75 bits per heavy atom. The summed E-state index contributed by atoms with van der Waals surface area (Å²) in [5.41, 5.74) is 1.50. The molecule has 0 amide bonds. The van der Waals surface area contributed by atoms with E-state index in [4.69, 9.17) is 14.2 Å². The highest BCUT2D eigenvalue weighted by Gasteiger charge is 2.42. The maximum Gasteiger partial charge on any atom is 0.509 e. The smallest absolute Gasteiger partial charge is 0.496 e. The zero-order valence-corrected chi connectivity index (χ0v) is 13.3. The second kappa shape index (κ2) is 7.17. The van der Waals surface area contributed by atoms with Gasteiger partial charge in [-0.25, -0.2) is 4.79 Å². The lowest BCUT2D eigenvalue weighted by molar-refractivity contribution is 0.0707. The zero-order chi connectivity index (χ0) is 16.9. The third-order valence-electron chi connectivity index (χ3n) is 4.00. The van der Waals surface area contributed by atoms with Crippen molar-refractivity contribution in [2.75, 3.05) is 7.11 Å². The van der Waals surface area contributed by atoms with Gasteiger partial charge in [0.15, 0.2) is 6.10 Å². The van der Waals surface area contributed by atoms with E-state index in [2.05, 4.69) is 0 Å². The number of rotatable bonds is 6. The van der Waals surface area contributed by atoms with E-state index in [9.17, 15) is 9.59 Å². The first-order chi connectivity index (χ1) is 11.7. The van der Waals surface area contributed by atoms with Crippen LogP contribution in [0.15, 0.2) is 54.6 Å². The second-order valence-corrected chi connectivity index (χ2v) is 5.53. The number of hydrogen-bond acceptors (Lipinski definition) is 5. The van der Waals surface area contributed by atoms with Gasteiger partial charge in [-0.2, -0.15) is 0 Å². The summed E-state index contributed by atoms with van der Waals surface area (Å²) < 4.78 is 15.5. The molecule has 0 saturated carbocycles. The lowest BCUT2D eigenvalue weighted by Gasteiger charge is -2.15. The van der Waals surface area contributed by atoms with Gasteiger partial charge in [0.1, 0.15) is 5.75 Å². The number of cyclic esters (lactones) is 2. The summed E-state index contributed by atoms with van der Waals surface area (Å²) in [6.07, 6.45) is -1.15. The summed E-state index contributed by atoms with van der Waals surface area (Å²) in [5, 5.41) is 0. The summed E-state index contributed by atoms with van der Waals surface area (Å²) >= 11 is 0. The summed E-state index contributed by atoms with van der Waals surface area (Å²) in [5.74, 6) is 0.142. The van der Waals surface area contributed by atoms with Crippen LogP contribution in [0.25, 0.3) is 0 Å². The van der Waals surface area contributed by atoms with Crippen LogP contribution in [0.3, 0.4) is 0 Å². The molecule has 124 valence electrons. The fourth-order valence-corrected chi connectivity index (χ4v) is 2.78. The SMILES string of the molecule is COc1ccccc1C(=O)[C@@H]1OC(=O)O[C@H]1CCc1ccccc1. The second-order valence-electron chi connectivity index (χ2n) is 5.53. The molecule has 0 spiro atoms. The van der Waals surface area contributed by atoms with Gasteiger partial charge < -0.3 is 14.2 Å². The van der Waals surface area contributed by atoms with Crippen molar-refractivity contribution in [2.45, 2.75) is 25.0 Å². The Morgan fingerprint density at radius 1 is 1.04 bits per heavy atom. The lowest BCUT2D eigenvalue weighted by Crippen LogP contribution is -2.32. The molecule has 5 nitrogen and oxygen atoms in total. The van der Waals surface area contributed by atoms with Crippen molar-refractivity contribution in [3.63, 3.8) is 0 Å². The molecule has 0 aromatic heterocycles. The number of carbonyl (C=O) groups is 2. The highest BCUT2D eigenvalue weighted by atomic mass is 16.8. The minimum atomic E-state index is -0.947. The van der Waals surface area contributed by atoms with Gasteiger partial charge in [-0.3, -0.25) is 4.79 Å². The molecule has 1 fully saturated rings. The van der Waals surface area contributed by atoms with Crippen molar-refractivity contribution in [3.8, 4) is 5.75 Å². The number of ether oxygens (including phenoxy) is 3. The maximum absolute atomic E-state index is 12.8. The van der Waals surface area contributed by atoms with E-state index in [0.29, 0.717) is 24.2 Å². The topological polar surface area (TPSA) is 61.8 Å². The van der Waals surface area contributed by atoms with Gasteiger partial charge in [0.05, 0.1) is 12.7 Å². The molecule has 2 atom stereocenters. The molecule has 0 radical (unpaired) electrons. The predicted octanol–water partition coefficient (Wildman–Crippen LogP) is 3.41. The number of para-hydroxylation sites is 1. The first-order valence-electron chi connectivity index (χ1n) is 7.77. The first kappa shape index (κ1) is 16.1. The monoisotopic (exact) mass is 326 g/mol. The fraction of sp³-hybridized carbons (Fsp3) is 0.263. The van der Waals surface area contributed by atoms with Crippen LogP contribution < -0.4 is 4.74 Å². The van der Waals surface area contributed by atoms with Gasteiger partial charge >= 0.3 is 6.16 Å². The normalized spacial score (nSPS) is 19.5. The molecule has 0 aliphatic carbocycles. The highest BCUT2D eigenvalue weighted by molar-refractivity contribution is 6.03. The van der Waals surface area contributed by atoms with Crippen LogP contribution in [-0.4, -0.2) is 31.3 Å². The van der Waals surface area contributed by atoms with Crippen molar-refractivity contribution < 1.29 is 23.8 Å². The summed E-state index contributed by atoms with van der Waals surface area (Å²) in [6.45, 7) is 0. The Kier molecular flexibility index (Phi) is 4.79. The van der Waals surface area contributed by atoms with Gasteiger partial charge in [0, 0.05) is 0 Å². The molecule has 24 heavy (non-hydrogen) atoms. The summed E-state index contributed by atoms with van der Waals surface area (Å²) in [4.78, 5) is 24.3. The van der Waals surface area contributed by atoms with E-state index in [-0.39, 0.29) is 5.78 Å². The zero-order valence-electron chi connectivity index (χ0n) is 13.3. The standard InChI is InChI=1S/C19H18O5/c1-22-15-10-6-5-9-14(15)17(20)18-16(23-19(21)24-18)12-11-13-7-3-2-4-8-13/h2-10,16,18H,11-12H2,1H3/t16-,18+/m0/s1. The average molecular weight is 326 g/mol. The molecule has 2 aromatic carbocycles. The summed E-state index contributed by atoms with van der Waals surface area (Å²) in [6, 6.07) is 16.7. The number of hydrogen-bond donors (Lipinski definition) is 0. The molecule has 2 aromatic rings. The average Bonchev–Trinajstić information content (AvgIpc) is 3.01. The summed E-state index contributed by atoms with van der Waals surface area (Å²) in [7, 11) is 1.50. The first-order valence-corrected chi connectivity index (χ1v) is 7.77. The van der Waals surface area contributed by atoms with Gasteiger partial charge in [-0.1, -0.05) is 42.5 Å². The molecule has 1 heterocycles.